The second-order valence-electron chi connectivity index (χ2n) is 4.16. The zero-order valence-corrected chi connectivity index (χ0v) is 11.1. The van der Waals surface area contributed by atoms with Gasteiger partial charge in [-0.3, -0.25) is 9.59 Å². The number of nitrogens with one attached hydrogen (secondary N) is 2. The van der Waals surface area contributed by atoms with Crippen molar-refractivity contribution in [3.8, 4) is 0 Å². The molecule has 1 atom stereocenters. The summed E-state index contributed by atoms with van der Waals surface area (Å²) in [6.45, 7) is 2.58. The summed E-state index contributed by atoms with van der Waals surface area (Å²) < 4.78 is 0. The van der Waals surface area contributed by atoms with Crippen LogP contribution in [0.25, 0.3) is 0 Å². The molecular weight excluding hydrogens is 270 g/mol. The molecule has 2 heterocycles. The molecule has 0 saturated carbocycles. The average Bonchev–Trinajstić information content (AvgIpc) is 2.41. The largest absolute Gasteiger partial charge is 0.353 e. The van der Waals surface area contributed by atoms with Gasteiger partial charge in [0.15, 0.2) is 5.82 Å². The van der Waals surface area contributed by atoms with E-state index >= 15 is 0 Å². The third-order valence-electron chi connectivity index (χ3n) is 2.98. The lowest BCUT2D eigenvalue weighted by Gasteiger charge is -2.32. The number of amides is 2. The normalized spacial score (nSPS) is 19.0. The van der Waals surface area contributed by atoms with Crippen LogP contribution >= 0.6 is 11.6 Å². The molecule has 0 aliphatic carbocycles. The van der Waals surface area contributed by atoms with E-state index in [1.807, 2.05) is 0 Å². The number of halogens is 1. The van der Waals surface area contributed by atoms with Crippen LogP contribution in [0.5, 0.6) is 0 Å². The van der Waals surface area contributed by atoms with Crippen molar-refractivity contribution in [2.75, 3.05) is 18.5 Å². The van der Waals surface area contributed by atoms with Gasteiger partial charge in [0.1, 0.15) is 6.04 Å². The Labute approximate surface area is 115 Å². The third-order valence-corrected chi connectivity index (χ3v) is 3.27. The second-order valence-corrected chi connectivity index (χ2v) is 4.57. The number of carbonyl (C=O) groups is 2. The molecular formula is C11H14ClN5O2. The van der Waals surface area contributed by atoms with E-state index in [2.05, 4.69) is 15.7 Å². The minimum Gasteiger partial charge on any atom is -0.353 e. The van der Waals surface area contributed by atoms with Gasteiger partial charge in [0.05, 0.1) is 10.6 Å². The molecule has 1 unspecified atom stereocenters. The monoisotopic (exact) mass is 283 g/mol. The van der Waals surface area contributed by atoms with Gasteiger partial charge in [-0.05, 0) is 13.0 Å². The van der Waals surface area contributed by atoms with Crippen molar-refractivity contribution in [3.05, 3.63) is 22.8 Å². The minimum atomic E-state index is -0.507. The summed E-state index contributed by atoms with van der Waals surface area (Å²) in [4.78, 5) is 29.3. The Balaban J connectivity index is 2.24. The molecule has 1 aliphatic heterocycles. The fraction of sp³-hybridized carbons (Fsp3) is 0.364. The molecule has 1 aliphatic rings. The number of nitrogen functional groups attached to an aromatic ring is 1. The molecule has 1 aromatic heterocycles. The van der Waals surface area contributed by atoms with Crippen molar-refractivity contribution in [2.45, 2.75) is 13.0 Å². The molecule has 1 saturated heterocycles. The highest BCUT2D eigenvalue weighted by atomic mass is 35.5. The molecule has 1 aromatic rings. The molecule has 1 fully saturated rings. The van der Waals surface area contributed by atoms with E-state index in [9.17, 15) is 9.59 Å². The topological polar surface area (TPSA) is 100 Å². The summed E-state index contributed by atoms with van der Waals surface area (Å²) >= 11 is 5.92. The van der Waals surface area contributed by atoms with Crippen molar-refractivity contribution < 1.29 is 9.59 Å². The van der Waals surface area contributed by atoms with Crippen LogP contribution < -0.4 is 16.6 Å². The summed E-state index contributed by atoms with van der Waals surface area (Å²) in [7, 11) is 0. The highest BCUT2D eigenvalue weighted by Crippen LogP contribution is 2.20. The Morgan fingerprint density at radius 3 is 3.05 bits per heavy atom. The van der Waals surface area contributed by atoms with Crippen molar-refractivity contribution in [3.63, 3.8) is 0 Å². The smallest absolute Gasteiger partial charge is 0.256 e. The number of rotatable bonds is 2. The molecule has 0 radical (unpaired) electrons. The average molecular weight is 284 g/mol. The Kier molecular flexibility index (Phi) is 3.87. The van der Waals surface area contributed by atoms with E-state index in [1.165, 1.54) is 17.2 Å². The van der Waals surface area contributed by atoms with Gasteiger partial charge in [-0.1, -0.05) is 11.6 Å². The zero-order chi connectivity index (χ0) is 14.0. The molecule has 7 nitrogen and oxygen atoms in total. The van der Waals surface area contributed by atoms with Crippen LogP contribution in [0, 0.1) is 0 Å². The maximum absolute atomic E-state index is 12.3. The summed E-state index contributed by atoms with van der Waals surface area (Å²) in [5, 5.41) is 2.95. The van der Waals surface area contributed by atoms with Gasteiger partial charge in [0, 0.05) is 19.3 Å². The number of nitrogens with zero attached hydrogens (tertiary/aromatic N) is 2. The van der Waals surface area contributed by atoms with E-state index in [0.717, 1.165) is 0 Å². The predicted molar refractivity (Wildman–Crippen MR) is 70.6 cm³/mol. The number of hydrogen-bond acceptors (Lipinski definition) is 5. The number of hydrazine groups is 1. The van der Waals surface area contributed by atoms with E-state index in [0.29, 0.717) is 24.5 Å². The van der Waals surface area contributed by atoms with Gasteiger partial charge in [-0.15, -0.1) is 0 Å². The van der Waals surface area contributed by atoms with Crippen molar-refractivity contribution in [1.29, 1.82) is 0 Å². The molecule has 19 heavy (non-hydrogen) atoms. The van der Waals surface area contributed by atoms with Crippen LogP contribution in [-0.4, -0.2) is 40.8 Å². The Bertz CT molecular complexity index is 522. The maximum Gasteiger partial charge on any atom is 0.256 e. The fourth-order valence-electron chi connectivity index (χ4n) is 1.89. The first kappa shape index (κ1) is 13.6. The second kappa shape index (κ2) is 5.41. The van der Waals surface area contributed by atoms with E-state index in [-0.39, 0.29) is 16.8 Å². The van der Waals surface area contributed by atoms with E-state index < -0.39 is 6.04 Å². The zero-order valence-electron chi connectivity index (χ0n) is 10.3. The molecule has 0 spiro atoms. The minimum absolute atomic E-state index is 0.168. The standard InChI is InChI=1S/C11H14ClN5O2/c1-6-10(18)14-2-3-17(6)11(19)7-4-8(12)9(16-13)15-5-7/h4-6H,2-3,13H2,1H3,(H,14,18)(H,15,16). The predicted octanol–water partition coefficient (Wildman–Crippen LogP) is -0.0189. The lowest BCUT2D eigenvalue weighted by Crippen LogP contribution is -2.55. The summed E-state index contributed by atoms with van der Waals surface area (Å²) in [5.41, 5.74) is 2.65. The van der Waals surface area contributed by atoms with Crippen molar-refractivity contribution in [1.82, 2.24) is 15.2 Å². The lowest BCUT2D eigenvalue weighted by atomic mass is 10.1. The lowest BCUT2D eigenvalue weighted by molar-refractivity contribution is -0.127. The van der Waals surface area contributed by atoms with Crippen LogP contribution in [0.4, 0.5) is 5.82 Å². The molecule has 102 valence electrons. The molecule has 0 aromatic carbocycles. The number of nitrogens with two attached hydrogens (primary N) is 1. The molecule has 0 bridgehead atoms. The highest BCUT2D eigenvalue weighted by Gasteiger charge is 2.30. The number of aromatic nitrogens is 1. The summed E-state index contributed by atoms with van der Waals surface area (Å²) in [6, 6.07) is 0.970. The summed E-state index contributed by atoms with van der Waals surface area (Å²) in [6.07, 6.45) is 1.38. The number of carbonyl (C=O) groups excluding carboxylic acids is 2. The number of anilines is 1. The number of piperazine rings is 1. The van der Waals surface area contributed by atoms with Gasteiger partial charge < -0.3 is 15.6 Å². The van der Waals surface area contributed by atoms with Crippen LogP contribution in [0.15, 0.2) is 12.3 Å². The molecule has 4 N–H and O–H groups in total. The third kappa shape index (κ3) is 2.61. The Hall–Kier alpha value is -1.86. The van der Waals surface area contributed by atoms with Crippen molar-refractivity contribution in [2.24, 2.45) is 5.84 Å². The first-order valence-corrected chi connectivity index (χ1v) is 6.13. The van der Waals surface area contributed by atoms with Gasteiger partial charge in [0.2, 0.25) is 5.91 Å². The molecule has 2 rings (SSSR count). The van der Waals surface area contributed by atoms with Crippen LogP contribution in [0.1, 0.15) is 17.3 Å². The SMILES string of the molecule is CC1C(=O)NCCN1C(=O)c1cnc(NN)c(Cl)c1. The molecule has 8 heteroatoms. The Morgan fingerprint density at radius 1 is 1.68 bits per heavy atom. The maximum atomic E-state index is 12.3. The van der Waals surface area contributed by atoms with Crippen molar-refractivity contribution >= 4 is 29.2 Å². The van der Waals surface area contributed by atoms with Gasteiger partial charge in [0.25, 0.3) is 5.91 Å². The summed E-state index contributed by atoms with van der Waals surface area (Å²) in [5.74, 6) is 5.06. The van der Waals surface area contributed by atoms with Crippen LogP contribution in [0.3, 0.4) is 0 Å². The Morgan fingerprint density at radius 2 is 2.42 bits per heavy atom. The van der Waals surface area contributed by atoms with Gasteiger partial charge >= 0.3 is 0 Å². The van der Waals surface area contributed by atoms with Crippen LogP contribution in [-0.2, 0) is 4.79 Å². The highest BCUT2D eigenvalue weighted by molar-refractivity contribution is 6.33. The number of pyridine rings is 1. The van der Waals surface area contributed by atoms with E-state index in [1.54, 1.807) is 6.92 Å². The fourth-order valence-corrected chi connectivity index (χ4v) is 2.11. The quantitative estimate of drug-likeness (QED) is 0.523. The van der Waals surface area contributed by atoms with Gasteiger partial charge in [-0.2, -0.15) is 0 Å². The van der Waals surface area contributed by atoms with E-state index in [4.69, 9.17) is 17.4 Å². The number of hydrogen-bond donors (Lipinski definition) is 3. The van der Waals surface area contributed by atoms with Crippen LogP contribution in [0.2, 0.25) is 5.02 Å². The molecule has 2 amide bonds. The first-order chi connectivity index (χ1) is 9.04. The van der Waals surface area contributed by atoms with Gasteiger partial charge in [-0.25, -0.2) is 10.8 Å². The first-order valence-electron chi connectivity index (χ1n) is 5.75.